The Balaban J connectivity index is 1.58. The topological polar surface area (TPSA) is 103 Å². The second-order valence-electron chi connectivity index (χ2n) is 7.26. The van der Waals surface area contributed by atoms with E-state index in [2.05, 4.69) is 30.8 Å². The standard InChI is InChI=1S/C20H17ClF2N8O/c1-20(12-9-25-30(2)10-12,16-4-3-5-17(21)26-16)11-24-19(32)18-27-29-31(28-18)15-7-6-13(22)8-14(15)23/h3-10H,11H2,1-2H3,(H,24,32). The molecule has 12 heteroatoms. The summed E-state index contributed by atoms with van der Waals surface area (Å²) in [5.74, 6) is -2.53. The Labute approximate surface area is 186 Å². The number of carbonyl (C=O) groups excluding carboxylic acids is 1. The van der Waals surface area contributed by atoms with Crippen LogP contribution in [0.15, 0.2) is 48.8 Å². The SMILES string of the molecule is Cn1cc(C(C)(CNC(=O)c2nnn(-c3ccc(F)cc3F)n2)c2cccc(Cl)n2)cn1. The van der Waals surface area contributed by atoms with Gasteiger partial charge in [-0.05, 0) is 36.4 Å². The van der Waals surface area contributed by atoms with Gasteiger partial charge in [-0.1, -0.05) is 17.7 Å². The molecule has 0 aliphatic rings. The van der Waals surface area contributed by atoms with Crippen LogP contribution in [0.3, 0.4) is 0 Å². The van der Waals surface area contributed by atoms with Gasteiger partial charge in [-0.25, -0.2) is 13.8 Å². The highest BCUT2D eigenvalue weighted by atomic mass is 35.5. The lowest BCUT2D eigenvalue weighted by Crippen LogP contribution is -2.40. The summed E-state index contributed by atoms with van der Waals surface area (Å²) in [6, 6.07) is 8.12. The number of benzene rings is 1. The van der Waals surface area contributed by atoms with E-state index in [9.17, 15) is 13.6 Å². The number of tetrazole rings is 1. The first-order valence-corrected chi connectivity index (χ1v) is 9.80. The molecular formula is C20H17ClF2N8O. The van der Waals surface area contributed by atoms with Crippen LogP contribution in [-0.4, -0.2) is 47.4 Å². The molecule has 0 radical (unpaired) electrons. The van der Waals surface area contributed by atoms with Gasteiger partial charge in [0.1, 0.15) is 16.7 Å². The first-order chi connectivity index (χ1) is 15.3. The zero-order chi connectivity index (χ0) is 22.9. The van der Waals surface area contributed by atoms with Crippen molar-refractivity contribution in [1.29, 1.82) is 0 Å². The highest BCUT2D eigenvalue weighted by molar-refractivity contribution is 6.29. The van der Waals surface area contributed by atoms with E-state index in [1.807, 2.05) is 13.1 Å². The molecule has 0 bridgehead atoms. The molecule has 0 saturated carbocycles. The van der Waals surface area contributed by atoms with E-state index >= 15 is 0 Å². The number of nitrogens with one attached hydrogen (secondary N) is 1. The van der Waals surface area contributed by atoms with Gasteiger partial charge in [-0.15, -0.1) is 15.0 Å². The molecule has 0 aliphatic heterocycles. The Bertz CT molecular complexity index is 1290. The van der Waals surface area contributed by atoms with E-state index < -0.39 is 23.0 Å². The second-order valence-corrected chi connectivity index (χ2v) is 7.65. The van der Waals surface area contributed by atoms with E-state index in [0.29, 0.717) is 16.9 Å². The van der Waals surface area contributed by atoms with Gasteiger partial charge in [0.05, 0.1) is 17.3 Å². The number of pyridine rings is 1. The minimum absolute atomic E-state index is 0.115. The van der Waals surface area contributed by atoms with Crippen LogP contribution in [0, 0.1) is 11.6 Å². The molecule has 0 spiro atoms. The minimum atomic E-state index is -0.884. The normalized spacial score (nSPS) is 13.0. The number of aromatic nitrogens is 7. The fourth-order valence-electron chi connectivity index (χ4n) is 3.15. The molecular weight excluding hydrogens is 442 g/mol. The lowest BCUT2D eigenvalue weighted by atomic mass is 9.80. The molecule has 9 nitrogen and oxygen atoms in total. The van der Waals surface area contributed by atoms with Crippen molar-refractivity contribution in [2.24, 2.45) is 7.05 Å². The molecule has 3 aromatic heterocycles. The maximum absolute atomic E-state index is 14.0. The molecule has 1 atom stereocenters. The number of halogens is 3. The lowest BCUT2D eigenvalue weighted by molar-refractivity contribution is 0.0936. The van der Waals surface area contributed by atoms with Crippen LogP contribution in [0.25, 0.3) is 5.69 Å². The Morgan fingerprint density at radius 1 is 1.25 bits per heavy atom. The number of aryl methyl sites for hydroxylation is 1. The van der Waals surface area contributed by atoms with E-state index in [1.54, 1.807) is 36.1 Å². The molecule has 164 valence electrons. The van der Waals surface area contributed by atoms with Gasteiger partial charge >= 0.3 is 0 Å². The summed E-state index contributed by atoms with van der Waals surface area (Å²) >= 11 is 6.08. The number of hydrogen-bond donors (Lipinski definition) is 1. The summed E-state index contributed by atoms with van der Waals surface area (Å²) in [4.78, 5) is 17.9. The van der Waals surface area contributed by atoms with Crippen LogP contribution in [0.5, 0.6) is 0 Å². The number of rotatable bonds is 6. The van der Waals surface area contributed by atoms with Gasteiger partial charge in [0.15, 0.2) is 5.82 Å². The average molecular weight is 459 g/mol. The zero-order valence-corrected chi connectivity index (χ0v) is 17.8. The van der Waals surface area contributed by atoms with Crippen LogP contribution in [0.1, 0.15) is 28.8 Å². The maximum Gasteiger partial charge on any atom is 0.292 e. The van der Waals surface area contributed by atoms with Crippen molar-refractivity contribution in [3.8, 4) is 5.69 Å². The largest absolute Gasteiger partial charge is 0.348 e. The smallest absolute Gasteiger partial charge is 0.292 e. The first-order valence-electron chi connectivity index (χ1n) is 9.42. The fraction of sp³-hybridized carbons (Fsp3) is 0.200. The minimum Gasteiger partial charge on any atom is -0.348 e. The molecule has 1 amide bonds. The Morgan fingerprint density at radius 2 is 2.06 bits per heavy atom. The molecule has 0 saturated heterocycles. The van der Waals surface area contributed by atoms with Gasteiger partial charge in [0.25, 0.3) is 11.7 Å². The predicted molar refractivity (Wildman–Crippen MR) is 110 cm³/mol. The molecule has 1 aromatic carbocycles. The number of nitrogens with zero attached hydrogens (tertiary/aromatic N) is 7. The lowest BCUT2D eigenvalue weighted by Gasteiger charge is -2.28. The highest BCUT2D eigenvalue weighted by Crippen LogP contribution is 2.30. The van der Waals surface area contributed by atoms with Crippen molar-refractivity contribution in [1.82, 2.24) is 40.3 Å². The zero-order valence-electron chi connectivity index (χ0n) is 17.0. The summed E-state index contributed by atoms with van der Waals surface area (Å²) < 4.78 is 28.7. The highest BCUT2D eigenvalue weighted by Gasteiger charge is 2.33. The van der Waals surface area contributed by atoms with E-state index in [4.69, 9.17) is 11.6 Å². The van der Waals surface area contributed by atoms with Gasteiger partial charge in [-0.3, -0.25) is 9.48 Å². The number of carbonyl (C=O) groups is 1. The molecule has 3 heterocycles. The van der Waals surface area contributed by atoms with Crippen molar-refractivity contribution in [3.05, 3.63) is 82.7 Å². The summed E-state index contributed by atoms with van der Waals surface area (Å²) in [7, 11) is 1.78. The van der Waals surface area contributed by atoms with Gasteiger partial charge in [-0.2, -0.15) is 5.10 Å². The monoisotopic (exact) mass is 458 g/mol. The van der Waals surface area contributed by atoms with Crippen molar-refractivity contribution < 1.29 is 13.6 Å². The van der Waals surface area contributed by atoms with Crippen molar-refractivity contribution in [2.45, 2.75) is 12.3 Å². The molecule has 32 heavy (non-hydrogen) atoms. The summed E-state index contributed by atoms with van der Waals surface area (Å²) in [6.07, 6.45) is 3.50. The van der Waals surface area contributed by atoms with Crippen molar-refractivity contribution in [2.75, 3.05) is 6.54 Å². The Hall–Kier alpha value is -3.73. The fourth-order valence-corrected chi connectivity index (χ4v) is 3.31. The third kappa shape index (κ3) is 4.19. The average Bonchev–Trinajstić information content (AvgIpc) is 3.41. The van der Waals surface area contributed by atoms with Crippen LogP contribution >= 0.6 is 11.6 Å². The number of hydrogen-bond acceptors (Lipinski definition) is 6. The van der Waals surface area contributed by atoms with Crippen LogP contribution in [-0.2, 0) is 12.5 Å². The first kappa shape index (κ1) is 21.5. The van der Waals surface area contributed by atoms with E-state index in [1.165, 1.54) is 0 Å². The molecule has 1 N–H and O–H groups in total. The van der Waals surface area contributed by atoms with Crippen molar-refractivity contribution >= 4 is 17.5 Å². The maximum atomic E-state index is 14.0. The quantitative estimate of drug-likeness (QED) is 0.445. The number of amides is 1. The van der Waals surface area contributed by atoms with Gasteiger partial charge < -0.3 is 5.32 Å². The van der Waals surface area contributed by atoms with E-state index in [0.717, 1.165) is 22.5 Å². The summed E-state index contributed by atoms with van der Waals surface area (Å²) in [5.41, 5.74) is 0.526. The molecule has 4 aromatic rings. The van der Waals surface area contributed by atoms with Gasteiger partial charge in [0, 0.05) is 31.4 Å². The summed E-state index contributed by atoms with van der Waals surface area (Å²) in [5, 5.41) is 18.5. The Morgan fingerprint density at radius 3 is 2.75 bits per heavy atom. The van der Waals surface area contributed by atoms with Crippen LogP contribution in [0.4, 0.5) is 8.78 Å². The molecule has 4 rings (SSSR count). The predicted octanol–water partition coefficient (Wildman–Crippen LogP) is 2.46. The van der Waals surface area contributed by atoms with Crippen LogP contribution in [0.2, 0.25) is 5.15 Å². The Kier molecular flexibility index (Phi) is 5.66. The molecule has 1 unspecified atom stereocenters. The van der Waals surface area contributed by atoms with E-state index in [-0.39, 0.29) is 18.1 Å². The van der Waals surface area contributed by atoms with Gasteiger partial charge in [0.2, 0.25) is 0 Å². The second kappa shape index (κ2) is 8.42. The molecule has 0 fully saturated rings. The summed E-state index contributed by atoms with van der Waals surface area (Å²) in [6.45, 7) is 2.01. The third-order valence-corrected chi connectivity index (χ3v) is 5.18. The van der Waals surface area contributed by atoms with Crippen LogP contribution < -0.4 is 5.32 Å². The molecule has 0 aliphatic carbocycles. The van der Waals surface area contributed by atoms with Crippen molar-refractivity contribution in [3.63, 3.8) is 0 Å². The third-order valence-electron chi connectivity index (χ3n) is 4.97.